The maximum Gasteiger partial charge on any atom is 0.270 e. The van der Waals surface area contributed by atoms with Crippen LogP contribution in [0.3, 0.4) is 0 Å². The zero-order valence-electron chi connectivity index (χ0n) is 17.4. The highest BCUT2D eigenvalue weighted by Crippen LogP contribution is 2.31. The van der Waals surface area contributed by atoms with Crippen molar-refractivity contribution in [3.63, 3.8) is 0 Å². The van der Waals surface area contributed by atoms with E-state index in [-0.39, 0.29) is 11.7 Å². The Kier molecular flexibility index (Phi) is 7.23. The molecule has 0 aliphatic carbocycles. The molecule has 10 heteroatoms. The van der Waals surface area contributed by atoms with E-state index in [0.717, 1.165) is 23.4 Å². The smallest absolute Gasteiger partial charge is 0.270 e. The molecule has 3 aromatic heterocycles. The van der Waals surface area contributed by atoms with E-state index in [1.165, 1.54) is 29.2 Å². The van der Waals surface area contributed by atoms with Gasteiger partial charge in [-0.05, 0) is 30.7 Å². The molecule has 164 valence electrons. The highest BCUT2D eigenvalue weighted by atomic mass is 32.2. The molecule has 32 heavy (non-hydrogen) atoms. The van der Waals surface area contributed by atoms with Crippen molar-refractivity contribution in [2.75, 3.05) is 6.54 Å². The Balaban J connectivity index is 1.57. The summed E-state index contributed by atoms with van der Waals surface area (Å²) in [7, 11) is 0. The molecule has 1 aromatic carbocycles. The van der Waals surface area contributed by atoms with Gasteiger partial charge in [0, 0.05) is 29.9 Å². The minimum absolute atomic E-state index is 0.166. The monoisotopic (exact) mass is 468 g/mol. The van der Waals surface area contributed by atoms with Gasteiger partial charge in [-0.2, -0.15) is 0 Å². The molecular weight excluding hydrogens is 447 g/mol. The fourth-order valence-corrected chi connectivity index (χ4v) is 4.72. The molecule has 0 aliphatic heterocycles. The molecule has 0 aliphatic rings. The summed E-state index contributed by atoms with van der Waals surface area (Å²) in [5.41, 5.74) is 1.56. The lowest BCUT2D eigenvalue weighted by molar-refractivity contribution is 0.0948. The second-order valence-electron chi connectivity index (χ2n) is 6.85. The number of aromatic nitrogens is 5. The van der Waals surface area contributed by atoms with Crippen LogP contribution in [0.4, 0.5) is 4.39 Å². The molecular formula is C22H21FN6OS2. The standard InChI is InChI=1S/C22H21FN6OS2/c1-2-3-10-25-21(30)17-13-31-19(26-17)14-32-22-28-27-20(15-8-11-24-12-9-15)29(22)18-7-5-4-6-16(18)23/h4-9,11-13H,2-3,10,14H2,1H3,(H,25,30). The SMILES string of the molecule is CCCCNC(=O)c1csc(CSc2nnc(-c3ccncc3)n2-c2ccccc2F)n1. The number of hydrogen-bond acceptors (Lipinski definition) is 7. The molecule has 1 amide bonds. The van der Waals surface area contributed by atoms with Gasteiger partial charge < -0.3 is 5.32 Å². The summed E-state index contributed by atoms with van der Waals surface area (Å²) < 4.78 is 16.4. The van der Waals surface area contributed by atoms with E-state index in [4.69, 9.17) is 0 Å². The predicted octanol–water partition coefficient (Wildman–Crippen LogP) is 4.75. The molecule has 0 spiro atoms. The average Bonchev–Trinajstić information content (AvgIpc) is 3.46. The van der Waals surface area contributed by atoms with Gasteiger partial charge >= 0.3 is 0 Å². The van der Waals surface area contributed by atoms with Gasteiger partial charge in [0.2, 0.25) is 0 Å². The molecule has 0 saturated heterocycles. The van der Waals surface area contributed by atoms with Crippen molar-refractivity contribution < 1.29 is 9.18 Å². The number of rotatable bonds is 9. The van der Waals surface area contributed by atoms with Crippen LogP contribution in [0.2, 0.25) is 0 Å². The van der Waals surface area contributed by atoms with Gasteiger partial charge in [0.25, 0.3) is 5.91 Å². The van der Waals surface area contributed by atoms with Crippen molar-refractivity contribution in [2.45, 2.75) is 30.7 Å². The lowest BCUT2D eigenvalue weighted by Gasteiger charge is -2.10. The summed E-state index contributed by atoms with van der Waals surface area (Å²) in [4.78, 5) is 20.7. The molecule has 3 heterocycles. The highest BCUT2D eigenvalue weighted by Gasteiger charge is 2.19. The first-order valence-electron chi connectivity index (χ1n) is 10.1. The number of hydrogen-bond donors (Lipinski definition) is 1. The van der Waals surface area contributed by atoms with Gasteiger partial charge in [-0.15, -0.1) is 21.5 Å². The lowest BCUT2D eigenvalue weighted by Crippen LogP contribution is -2.24. The number of nitrogens with zero attached hydrogens (tertiary/aromatic N) is 5. The Morgan fingerprint density at radius 3 is 2.78 bits per heavy atom. The first-order chi connectivity index (χ1) is 15.7. The molecule has 0 atom stereocenters. The fourth-order valence-electron chi connectivity index (χ4n) is 2.98. The van der Waals surface area contributed by atoms with Gasteiger partial charge in [-0.1, -0.05) is 37.2 Å². The number of nitrogens with one attached hydrogen (secondary N) is 1. The van der Waals surface area contributed by atoms with Gasteiger partial charge in [-0.25, -0.2) is 9.37 Å². The Bertz CT molecular complexity index is 1190. The van der Waals surface area contributed by atoms with E-state index in [1.807, 2.05) is 0 Å². The maximum absolute atomic E-state index is 14.7. The average molecular weight is 469 g/mol. The number of carbonyl (C=O) groups excluding carboxylic acids is 1. The molecule has 0 fully saturated rings. The van der Waals surface area contributed by atoms with Gasteiger partial charge in [-0.3, -0.25) is 14.3 Å². The Morgan fingerprint density at radius 2 is 2.00 bits per heavy atom. The van der Waals surface area contributed by atoms with Crippen molar-refractivity contribution in [1.29, 1.82) is 0 Å². The van der Waals surface area contributed by atoms with E-state index < -0.39 is 0 Å². The summed E-state index contributed by atoms with van der Waals surface area (Å²) in [6.07, 6.45) is 5.27. The van der Waals surface area contributed by atoms with Crippen LogP contribution in [0.15, 0.2) is 59.3 Å². The Labute approximate surface area is 193 Å². The summed E-state index contributed by atoms with van der Waals surface area (Å²) in [5, 5.41) is 14.5. The first-order valence-corrected chi connectivity index (χ1v) is 12.0. The molecule has 0 saturated carbocycles. The van der Waals surface area contributed by atoms with Crippen LogP contribution in [-0.2, 0) is 5.75 Å². The minimum atomic E-state index is -0.371. The number of thiazole rings is 1. The van der Waals surface area contributed by atoms with Crippen LogP contribution in [0, 0.1) is 5.82 Å². The zero-order chi connectivity index (χ0) is 22.3. The Hall–Kier alpha value is -3.11. The molecule has 4 aromatic rings. The van der Waals surface area contributed by atoms with Crippen molar-refractivity contribution in [1.82, 2.24) is 30.0 Å². The second kappa shape index (κ2) is 10.5. The quantitative estimate of drug-likeness (QED) is 0.282. The van der Waals surface area contributed by atoms with Crippen molar-refractivity contribution in [3.05, 3.63) is 70.7 Å². The summed E-state index contributed by atoms with van der Waals surface area (Å²) in [5.74, 6) is 0.468. The molecule has 4 rings (SSSR count). The summed E-state index contributed by atoms with van der Waals surface area (Å²) >= 11 is 2.80. The van der Waals surface area contributed by atoms with Gasteiger partial charge in [0.15, 0.2) is 11.0 Å². The van der Waals surface area contributed by atoms with Crippen LogP contribution >= 0.6 is 23.1 Å². The highest BCUT2D eigenvalue weighted by molar-refractivity contribution is 7.98. The van der Waals surface area contributed by atoms with E-state index in [0.29, 0.717) is 34.7 Å². The number of para-hydroxylation sites is 1. The predicted molar refractivity (Wildman–Crippen MR) is 123 cm³/mol. The molecule has 0 bridgehead atoms. The third-order valence-electron chi connectivity index (χ3n) is 4.59. The zero-order valence-corrected chi connectivity index (χ0v) is 19.0. The summed E-state index contributed by atoms with van der Waals surface area (Å²) in [6.45, 7) is 2.71. The van der Waals surface area contributed by atoms with Crippen LogP contribution in [0.5, 0.6) is 0 Å². The number of thioether (sulfide) groups is 1. The largest absolute Gasteiger partial charge is 0.351 e. The van der Waals surface area contributed by atoms with Crippen molar-refractivity contribution in [2.24, 2.45) is 0 Å². The van der Waals surface area contributed by atoms with E-state index in [9.17, 15) is 9.18 Å². The molecule has 0 radical (unpaired) electrons. The van der Waals surface area contributed by atoms with E-state index in [2.05, 4.69) is 32.4 Å². The van der Waals surface area contributed by atoms with Crippen LogP contribution in [0.25, 0.3) is 17.1 Å². The lowest BCUT2D eigenvalue weighted by atomic mass is 10.2. The third kappa shape index (κ3) is 5.03. The van der Waals surface area contributed by atoms with Gasteiger partial charge in [0.05, 0.1) is 11.4 Å². The van der Waals surface area contributed by atoms with Crippen LogP contribution < -0.4 is 5.32 Å². The minimum Gasteiger partial charge on any atom is -0.351 e. The van der Waals surface area contributed by atoms with Crippen LogP contribution in [0.1, 0.15) is 35.3 Å². The number of amides is 1. The number of unbranched alkanes of at least 4 members (excludes halogenated alkanes) is 1. The summed E-state index contributed by atoms with van der Waals surface area (Å²) in [6, 6.07) is 10.1. The van der Waals surface area contributed by atoms with Crippen molar-refractivity contribution in [3.8, 4) is 17.1 Å². The molecule has 1 N–H and O–H groups in total. The number of benzene rings is 1. The van der Waals surface area contributed by atoms with Crippen LogP contribution in [-0.4, -0.2) is 37.2 Å². The maximum atomic E-state index is 14.7. The Morgan fingerprint density at radius 1 is 1.19 bits per heavy atom. The third-order valence-corrected chi connectivity index (χ3v) is 6.56. The number of pyridine rings is 1. The fraction of sp³-hybridized carbons (Fsp3) is 0.227. The number of halogens is 1. The van der Waals surface area contributed by atoms with Crippen molar-refractivity contribution >= 4 is 29.0 Å². The van der Waals surface area contributed by atoms with E-state index >= 15 is 0 Å². The number of carbonyl (C=O) groups is 1. The molecule has 0 unspecified atom stereocenters. The topological polar surface area (TPSA) is 85.6 Å². The second-order valence-corrected chi connectivity index (χ2v) is 8.74. The van der Waals surface area contributed by atoms with Gasteiger partial charge in [0.1, 0.15) is 16.5 Å². The first kappa shape index (κ1) is 22.1. The normalized spacial score (nSPS) is 10.9. The molecule has 7 nitrogen and oxygen atoms in total. The van der Waals surface area contributed by atoms with E-state index in [1.54, 1.807) is 52.7 Å².